The molecule has 33 nitrogen and oxygen atoms in total. The van der Waals surface area contributed by atoms with E-state index >= 15 is 0 Å². The van der Waals surface area contributed by atoms with Gasteiger partial charge in [-0.3, -0.25) is 32.8 Å². The lowest BCUT2D eigenvalue weighted by atomic mass is 10.1. The fourth-order valence-electron chi connectivity index (χ4n) is 11.7. The number of aromatic hydroxyl groups is 1. The lowest BCUT2D eigenvalue weighted by Gasteiger charge is -2.20. The molecule has 4 rings (SSSR count). The van der Waals surface area contributed by atoms with E-state index in [1.165, 1.54) is 81.6 Å². The second kappa shape index (κ2) is 72.0. The Kier molecular flexibility index (Phi) is 63.3. The van der Waals surface area contributed by atoms with E-state index in [2.05, 4.69) is 74.0 Å². The number of nitrogens with zero attached hydrogens (tertiary/aromatic N) is 7. The molecular formula is C84H143N10O23P. The summed E-state index contributed by atoms with van der Waals surface area (Å²) in [7, 11) is -3.11. The normalized spacial score (nSPS) is 12.5. The summed E-state index contributed by atoms with van der Waals surface area (Å²) in [5, 5.41) is 24.3. The van der Waals surface area contributed by atoms with Gasteiger partial charge in [0, 0.05) is 57.6 Å². The molecule has 34 heteroatoms. The van der Waals surface area contributed by atoms with Gasteiger partial charge in [-0.15, -0.1) is 5.10 Å². The van der Waals surface area contributed by atoms with E-state index in [1.54, 1.807) is 42.3 Å². The summed E-state index contributed by atoms with van der Waals surface area (Å²) in [6, 6.07) is 6.69. The number of hydrogen-bond acceptors (Lipinski definition) is 28. The maximum atomic E-state index is 13.0. The quantitative estimate of drug-likeness (QED) is 0.0119. The number of hydrogen-bond donors (Lipinski definition) is 5. The van der Waals surface area contributed by atoms with Crippen LogP contribution in [0.15, 0.2) is 54.8 Å². The number of allylic oxidation sites excluding steroid dienone is 4. The van der Waals surface area contributed by atoms with Crippen molar-refractivity contribution in [2.45, 2.75) is 226 Å². The van der Waals surface area contributed by atoms with E-state index in [1.807, 2.05) is 0 Å². The number of fused-ring (bicyclic) bond motifs is 1. The molecule has 118 heavy (non-hydrogen) atoms. The number of phosphoric acid groups is 1. The van der Waals surface area contributed by atoms with Crippen LogP contribution in [0.5, 0.6) is 12.0 Å². The van der Waals surface area contributed by atoms with Crippen molar-refractivity contribution in [1.29, 1.82) is 0 Å². The zero-order valence-electron chi connectivity index (χ0n) is 71.1. The van der Waals surface area contributed by atoms with Gasteiger partial charge in [0.2, 0.25) is 5.91 Å². The molecule has 3 heterocycles. The van der Waals surface area contributed by atoms with E-state index in [0.717, 1.165) is 82.6 Å². The fourth-order valence-corrected chi connectivity index (χ4v) is 12.4. The maximum absolute atomic E-state index is 13.0. The van der Waals surface area contributed by atoms with E-state index in [9.17, 15) is 33.7 Å². The molecule has 4 aromatic rings. The van der Waals surface area contributed by atoms with Gasteiger partial charge in [0.05, 0.1) is 171 Å². The molecule has 0 aliphatic heterocycles. The number of aromatic nitrogens is 7. The lowest BCUT2D eigenvalue weighted by Crippen LogP contribution is -2.30. The van der Waals surface area contributed by atoms with Crippen LogP contribution >= 0.6 is 7.82 Å². The van der Waals surface area contributed by atoms with Crippen molar-refractivity contribution in [3.8, 4) is 12.0 Å². The molecule has 0 aliphatic rings. The molecule has 6 N–H and O–H groups in total. The standard InChI is InChI=1S/C84H143N10O23P/c1-4-6-8-10-12-14-16-18-20-22-24-26-28-30-32-34-77(96)114-70-75(117-78(97)35-33-31-29-27-25-23-21-19-17-15-13-11-9-7-5-2)71-116-118(100,101)115-46-43-86-76(95)41-40-74-69-93(92-91-74)44-47-104-50-52-106-54-56-108-58-60-110-62-64-112-66-65-111-63-61-109-59-57-107-55-53-105-51-49-103-45-42-87-82(98)73-38-36-72(37-39-73)68-94-81-79(88-84(94)99)80(85)89-83(90-81)113-67-48-102-3/h18-21,36-39,69,75H,4-17,22-35,40-68,70-71H2,1-3H3,(H,86,95)(H,87,98)(H,88,99)(H,100,101)(H2,85,89,90). The summed E-state index contributed by atoms with van der Waals surface area (Å²) in [4.78, 5) is 74.1. The minimum atomic E-state index is -4.66. The van der Waals surface area contributed by atoms with Gasteiger partial charge in [-0.2, -0.15) is 15.0 Å². The molecule has 0 radical (unpaired) electrons. The molecule has 0 spiro atoms. The summed E-state index contributed by atoms with van der Waals surface area (Å²) in [6.45, 7) is 12.9. The Morgan fingerprint density at radius 3 is 1.47 bits per heavy atom. The highest BCUT2D eigenvalue weighted by Gasteiger charge is 2.27. The number of benzene rings is 1. The number of nitrogen functional groups attached to an aromatic ring is 1. The first-order valence-electron chi connectivity index (χ1n) is 43.2. The van der Waals surface area contributed by atoms with Crippen molar-refractivity contribution >= 4 is 48.6 Å². The molecular weight excluding hydrogens is 1550 g/mol. The number of esters is 2. The molecule has 2 unspecified atom stereocenters. The van der Waals surface area contributed by atoms with Crippen molar-refractivity contribution in [3.63, 3.8) is 0 Å². The number of amides is 2. The smallest absolute Gasteiger partial charge is 0.472 e. The molecule has 1 aromatic carbocycles. The Labute approximate surface area is 700 Å². The highest BCUT2D eigenvalue weighted by atomic mass is 31.2. The van der Waals surface area contributed by atoms with Crippen LogP contribution in [0.25, 0.3) is 11.2 Å². The number of aryl methyl sites for hydroxylation is 1. The van der Waals surface area contributed by atoms with Crippen LogP contribution in [-0.2, 0) is 109 Å². The van der Waals surface area contributed by atoms with Crippen LogP contribution in [0.3, 0.4) is 0 Å². The monoisotopic (exact) mass is 1690 g/mol. The van der Waals surface area contributed by atoms with Gasteiger partial charge in [0.15, 0.2) is 23.1 Å². The Balaban J connectivity index is 0.891. The Hall–Kier alpha value is -6.66. The van der Waals surface area contributed by atoms with Gasteiger partial charge in [0.25, 0.3) is 11.9 Å². The van der Waals surface area contributed by atoms with Crippen LogP contribution in [0.2, 0.25) is 0 Å². The van der Waals surface area contributed by atoms with E-state index in [4.69, 9.17) is 81.1 Å². The molecule has 0 saturated carbocycles. The van der Waals surface area contributed by atoms with Crippen molar-refractivity contribution in [2.75, 3.05) is 191 Å². The second-order valence-corrected chi connectivity index (χ2v) is 29.8. The van der Waals surface area contributed by atoms with Crippen molar-refractivity contribution in [3.05, 3.63) is 71.6 Å². The van der Waals surface area contributed by atoms with E-state index in [0.29, 0.717) is 188 Å². The molecule has 0 bridgehead atoms. The summed E-state index contributed by atoms with van der Waals surface area (Å²) in [6.07, 6.45) is 40.0. The second-order valence-electron chi connectivity index (χ2n) is 28.4. The van der Waals surface area contributed by atoms with Crippen molar-refractivity contribution in [1.82, 2.24) is 45.1 Å². The summed E-state index contributed by atoms with van der Waals surface area (Å²) in [5.41, 5.74) is 8.45. The summed E-state index contributed by atoms with van der Waals surface area (Å²) < 4.78 is 104. The maximum Gasteiger partial charge on any atom is 0.472 e. The minimum Gasteiger partial charge on any atom is -0.480 e. The number of carbonyl (C=O) groups is 4. The van der Waals surface area contributed by atoms with Crippen molar-refractivity contribution in [2.24, 2.45) is 0 Å². The zero-order chi connectivity index (χ0) is 84.5. The predicted octanol–water partition coefficient (Wildman–Crippen LogP) is 12.1. The number of carbonyl (C=O) groups excluding carboxylic acids is 4. The van der Waals surface area contributed by atoms with Gasteiger partial charge in [-0.05, 0) is 81.9 Å². The molecule has 0 fully saturated rings. The van der Waals surface area contributed by atoms with Crippen LogP contribution in [0.1, 0.15) is 222 Å². The molecule has 672 valence electrons. The summed E-state index contributed by atoms with van der Waals surface area (Å²) in [5.74, 6) is -1.46. The molecule has 2 amide bonds. The predicted molar refractivity (Wildman–Crippen MR) is 448 cm³/mol. The van der Waals surface area contributed by atoms with Crippen LogP contribution < -0.4 is 21.1 Å². The van der Waals surface area contributed by atoms with Crippen LogP contribution in [0.4, 0.5) is 5.82 Å². The third kappa shape index (κ3) is 56.0. The molecule has 0 saturated heterocycles. The third-order valence-corrected chi connectivity index (χ3v) is 19.3. The number of phosphoric ester groups is 1. The zero-order valence-corrected chi connectivity index (χ0v) is 72.0. The first-order chi connectivity index (χ1) is 57.8. The van der Waals surface area contributed by atoms with Crippen LogP contribution in [0, 0.1) is 0 Å². The highest BCUT2D eigenvalue weighted by Crippen LogP contribution is 2.43. The molecule has 0 aliphatic carbocycles. The fraction of sp³-hybridized carbons (Fsp3) is 0.750. The molecule has 2 atom stereocenters. The SMILES string of the molecule is CCCCCCCCC=CCCCCCCCC(=O)OCC(COP(=O)(O)OCCNC(=O)CCc1cn(CCOCCOCCOCCOCCOCCOCCOCCOCCOCCOCCNC(=O)c2ccc(Cn3c(O)nc4c(N)nc(OCCOC)nc43)cc2)nn1)OC(=O)CCCCCCCC=CCCCCCCCC. The van der Waals surface area contributed by atoms with Crippen LogP contribution in [-0.4, -0.2) is 260 Å². The average molecular weight is 1690 g/mol. The minimum absolute atomic E-state index is 0.0414. The van der Waals surface area contributed by atoms with E-state index in [-0.39, 0.29) is 87.3 Å². The first-order valence-corrected chi connectivity index (χ1v) is 44.7. The number of imidazole rings is 1. The average Bonchev–Trinajstić information content (AvgIpc) is 1.64. The van der Waals surface area contributed by atoms with Gasteiger partial charge >= 0.3 is 25.8 Å². The van der Waals surface area contributed by atoms with Gasteiger partial charge in [-0.1, -0.05) is 158 Å². The van der Waals surface area contributed by atoms with Gasteiger partial charge in [0.1, 0.15) is 13.2 Å². The summed E-state index contributed by atoms with van der Waals surface area (Å²) >= 11 is 0. The topological polar surface area (TPSA) is 398 Å². The number of unbranched alkanes of at least 4 members (excludes halogenated alkanes) is 22. The number of ether oxygens (including phenoxy) is 14. The number of rotatable bonds is 83. The number of methoxy groups -OCH3 is 1. The van der Waals surface area contributed by atoms with E-state index < -0.39 is 32.5 Å². The number of nitrogens with two attached hydrogens (primary N) is 1. The number of anilines is 1. The Bertz CT molecular complexity index is 3260. The Morgan fingerprint density at radius 2 is 0.966 bits per heavy atom. The largest absolute Gasteiger partial charge is 0.480 e. The Morgan fingerprint density at radius 1 is 0.508 bits per heavy atom. The van der Waals surface area contributed by atoms with Crippen molar-refractivity contribution < 1.29 is 109 Å². The number of nitrogens with one attached hydrogen (secondary N) is 2. The van der Waals surface area contributed by atoms with Gasteiger partial charge < -0.3 is 92.7 Å². The first kappa shape index (κ1) is 104. The van der Waals surface area contributed by atoms with Gasteiger partial charge in [-0.25, -0.2) is 9.25 Å². The third-order valence-electron chi connectivity index (χ3n) is 18.3. The molecule has 3 aromatic heterocycles. The lowest BCUT2D eigenvalue weighted by molar-refractivity contribution is -0.161. The highest BCUT2D eigenvalue weighted by molar-refractivity contribution is 7.47.